The van der Waals surface area contributed by atoms with E-state index in [1.807, 2.05) is 0 Å². The van der Waals surface area contributed by atoms with Gasteiger partial charge in [-0.2, -0.15) is 0 Å². The molecular formula is C7H12N4O2S. The molecule has 0 aromatic carbocycles. The molecule has 0 amide bonds. The van der Waals surface area contributed by atoms with E-state index < -0.39 is 15.1 Å². The Labute approximate surface area is 82.0 Å². The summed E-state index contributed by atoms with van der Waals surface area (Å²) in [5.74, 6) is 0.403. The van der Waals surface area contributed by atoms with Crippen LogP contribution in [-0.4, -0.2) is 34.2 Å². The molecule has 78 valence electrons. The van der Waals surface area contributed by atoms with Crippen LogP contribution in [0.15, 0.2) is 6.33 Å². The van der Waals surface area contributed by atoms with Gasteiger partial charge in [-0.3, -0.25) is 0 Å². The Morgan fingerprint density at radius 3 is 2.79 bits per heavy atom. The molecule has 1 saturated heterocycles. The monoisotopic (exact) mass is 216 g/mol. The van der Waals surface area contributed by atoms with Crippen LogP contribution in [0.3, 0.4) is 0 Å². The average molecular weight is 216 g/mol. The van der Waals surface area contributed by atoms with Gasteiger partial charge in [0.05, 0.1) is 17.0 Å². The quantitative estimate of drug-likeness (QED) is 0.690. The molecule has 2 unspecified atom stereocenters. The normalized spacial score (nSPS) is 30.6. The molecular weight excluding hydrogens is 204 g/mol. The zero-order valence-electron chi connectivity index (χ0n) is 7.79. The van der Waals surface area contributed by atoms with E-state index in [0.717, 1.165) is 0 Å². The molecule has 0 bridgehead atoms. The van der Waals surface area contributed by atoms with E-state index in [2.05, 4.69) is 10.1 Å². The number of hydrogen-bond acceptors (Lipinski definition) is 5. The SMILES string of the molecule is CC1C(n2cnc(N)n2)CCS1(=O)=O. The smallest absolute Gasteiger partial charge is 0.239 e. The van der Waals surface area contributed by atoms with Crippen molar-refractivity contribution in [1.82, 2.24) is 14.8 Å². The van der Waals surface area contributed by atoms with Crippen molar-refractivity contribution in [3.8, 4) is 0 Å². The van der Waals surface area contributed by atoms with E-state index in [9.17, 15) is 8.42 Å². The highest BCUT2D eigenvalue weighted by atomic mass is 32.2. The number of sulfone groups is 1. The van der Waals surface area contributed by atoms with Crippen molar-refractivity contribution in [2.45, 2.75) is 24.6 Å². The predicted molar refractivity (Wildman–Crippen MR) is 51.3 cm³/mol. The molecule has 1 aliphatic rings. The summed E-state index contributed by atoms with van der Waals surface area (Å²) in [5, 5.41) is 3.53. The third-order valence-electron chi connectivity index (χ3n) is 2.67. The summed E-state index contributed by atoms with van der Waals surface area (Å²) in [6, 6.07) is -0.121. The summed E-state index contributed by atoms with van der Waals surface area (Å²) in [6.45, 7) is 1.70. The zero-order chi connectivity index (χ0) is 10.3. The number of nitrogens with two attached hydrogens (primary N) is 1. The highest BCUT2D eigenvalue weighted by Gasteiger charge is 2.38. The van der Waals surface area contributed by atoms with Crippen molar-refractivity contribution in [2.24, 2.45) is 0 Å². The van der Waals surface area contributed by atoms with Gasteiger partial charge in [-0.25, -0.2) is 18.1 Å². The molecule has 2 heterocycles. The number of hydrogen-bond donors (Lipinski definition) is 1. The first-order valence-electron chi connectivity index (χ1n) is 4.39. The molecule has 1 fully saturated rings. The summed E-state index contributed by atoms with van der Waals surface area (Å²) in [6.07, 6.45) is 2.07. The molecule has 1 aliphatic heterocycles. The van der Waals surface area contributed by atoms with Gasteiger partial charge in [0.25, 0.3) is 0 Å². The van der Waals surface area contributed by atoms with Crippen molar-refractivity contribution in [2.75, 3.05) is 11.5 Å². The van der Waals surface area contributed by atoms with Gasteiger partial charge in [-0.15, -0.1) is 5.10 Å². The number of nitrogens with zero attached hydrogens (tertiary/aromatic N) is 3. The van der Waals surface area contributed by atoms with E-state index in [1.165, 1.54) is 6.33 Å². The summed E-state index contributed by atoms with van der Waals surface area (Å²) in [4.78, 5) is 3.78. The van der Waals surface area contributed by atoms with Crippen LogP contribution in [0.2, 0.25) is 0 Å². The molecule has 0 spiro atoms. The van der Waals surface area contributed by atoms with Gasteiger partial charge < -0.3 is 5.73 Å². The van der Waals surface area contributed by atoms with Crippen LogP contribution < -0.4 is 5.73 Å². The molecule has 2 N–H and O–H groups in total. The Bertz CT molecular complexity index is 438. The minimum Gasteiger partial charge on any atom is -0.367 e. The average Bonchev–Trinajstić information content (AvgIpc) is 2.60. The molecule has 2 rings (SSSR count). The van der Waals surface area contributed by atoms with E-state index in [1.54, 1.807) is 11.6 Å². The van der Waals surface area contributed by atoms with Gasteiger partial charge in [-0.05, 0) is 13.3 Å². The molecule has 1 aromatic rings. The maximum atomic E-state index is 11.5. The summed E-state index contributed by atoms with van der Waals surface area (Å²) in [5.41, 5.74) is 5.37. The number of rotatable bonds is 1. The standard InChI is InChI=1S/C7H12N4O2S/c1-5-6(2-3-14(5,12)13)11-4-9-7(8)10-11/h4-6H,2-3H2,1H3,(H2,8,10). The molecule has 2 atom stereocenters. The fraction of sp³-hybridized carbons (Fsp3) is 0.714. The largest absolute Gasteiger partial charge is 0.367 e. The zero-order valence-corrected chi connectivity index (χ0v) is 8.61. The van der Waals surface area contributed by atoms with Gasteiger partial charge in [0.1, 0.15) is 6.33 Å². The number of aromatic nitrogens is 3. The molecule has 7 heteroatoms. The summed E-state index contributed by atoms with van der Waals surface area (Å²) >= 11 is 0. The highest BCUT2D eigenvalue weighted by Crippen LogP contribution is 2.30. The van der Waals surface area contributed by atoms with Crippen LogP contribution in [0.5, 0.6) is 0 Å². The Hall–Kier alpha value is -1.11. The number of anilines is 1. The van der Waals surface area contributed by atoms with Crippen molar-refractivity contribution in [3.63, 3.8) is 0 Å². The van der Waals surface area contributed by atoms with Gasteiger partial charge in [0, 0.05) is 0 Å². The second-order valence-electron chi connectivity index (χ2n) is 3.51. The molecule has 0 radical (unpaired) electrons. The second kappa shape index (κ2) is 2.94. The van der Waals surface area contributed by atoms with Crippen molar-refractivity contribution >= 4 is 15.8 Å². The lowest BCUT2D eigenvalue weighted by Crippen LogP contribution is -2.21. The first-order valence-corrected chi connectivity index (χ1v) is 6.10. The van der Waals surface area contributed by atoms with E-state index in [0.29, 0.717) is 6.42 Å². The summed E-state index contributed by atoms with van der Waals surface area (Å²) < 4.78 is 24.5. The molecule has 6 nitrogen and oxygen atoms in total. The fourth-order valence-electron chi connectivity index (χ4n) is 1.74. The summed E-state index contributed by atoms with van der Waals surface area (Å²) in [7, 11) is -2.94. The minimum absolute atomic E-state index is 0.121. The minimum atomic E-state index is -2.94. The van der Waals surface area contributed by atoms with Crippen LogP contribution in [0, 0.1) is 0 Å². The van der Waals surface area contributed by atoms with Gasteiger partial charge in [0.15, 0.2) is 9.84 Å². The van der Waals surface area contributed by atoms with E-state index >= 15 is 0 Å². The highest BCUT2D eigenvalue weighted by molar-refractivity contribution is 7.92. The van der Waals surface area contributed by atoms with Crippen LogP contribution in [-0.2, 0) is 9.84 Å². The van der Waals surface area contributed by atoms with Crippen molar-refractivity contribution in [1.29, 1.82) is 0 Å². The molecule has 0 aliphatic carbocycles. The van der Waals surface area contributed by atoms with Gasteiger partial charge in [0.2, 0.25) is 5.95 Å². The Balaban J connectivity index is 2.31. The lowest BCUT2D eigenvalue weighted by atomic mass is 10.2. The third-order valence-corrected chi connectivity index (χ3v) is 4.92. The number of nitrogen functional groups attached to an aromatic ring is 1. The Morgan fingerprint density at radius 2 is 2.36 bits per heavy atom. The van der Waals surface area contributed by atoms with Crippen LogP contribution in [0.4, 0.5) is 5.95 Å². The molecule has 1 aromatic heterocycles. The van der Waals surface area contributed by atoms with Gasteiger partial charge in [-0.1, -0.05) is 0 Å². The molecule has 0 saturated carbocycles. The van der Waals surface area contributed by atoms with Gasteiger partial charge >= 0.3 is 0 Å². The maximum Gasteiger partial charge on any atom is 0.239 e. The van der Waals surface area contributed by atoms with Crippen LogP contribution >= 0.6 is 0 Å². The van der Waals surface area contributed by atoms with E-state index in [4.69, 9.17) is 5.73 Å². The topological polar surface area (TPSA) is 90.9 Å². The van der Waals surface area contributed by atoms with Crippen molar-refractivity contribution < 1.29 is 8.42 Å². The predicted octanol–water partition coefficient (Wildman–Crippen LogP) is -0.392. The maximum absolute atomic E-state index is 11.5. The third kappa shape index (κ3) is 1.37. The van der Waals surface area contributed by atoms with Crippen molar-refractivity contribution in [3.05, 3.63) is 6.33 Å². The first kappa shape index (κ1) is 9.45. The first-order chi connectivity index (χ1) is 6.50. The lowest BCUT2D eigenvalue weighted by molar-refractivity contribution is 0.451. The van der Waals surface area contributed by atoms with Crippen LogP contribution in [0.1, 0.15) is 19.4 Å². The van der Waals surface area contributed by atoms with Crippen LogP contribution in [0.25, 0.3) is 0 Å². The Kier molecular flexibility index (Phi) is 1.99. The second-order valence-corrected chi connectivity index (χ2v) is 5.99. The molecule has 14 heavy (non-hydrogen) atoms. The lowest BCUT2D eigenvalue weighted by Gasteiger charge is -2.13. The Morgan fingerprint density at radius 1 is 1.64 bits per heavy atom. The fourth-order valence-corrected chi connectivity index (χ4v) is 3.42. The van der Waals surface area contributed by atoms with E-state index in [-0.39, 0.29) is 17.7 Å².